The van der Waals surface area contributed by atoms with E-state index in [2.05, 4.69) is 10.1 Å². The fourth-order valence-corrected chi connectivity index (χ4v) is 1.90. The van der Waals surface area contributed by atoms with Crippen LogP contribution in [0.3, 0.4) is 0 Å². The number of hydrogen-bond donors (Lipinski definition) is 1. The van der Waals surface area contributed by atoms with Gasteiger partial charge in [-0.1, -0.05) is 23.4 Å². The lowest BCUT2D eigenvalue weighted by Gasteiger charge is -1.96. The van der Waals surface area contributed by atoms with Gasteiger partial charge in [0, 0.05) is 17.7 Å². The maximum atomic E-state index is 12.8. The third kappa shape index (κ3) is 2.66. The molecule has 0 saturated carbocycles. The molecule has 0 unspecified atom stereocenters. The van der Waals surface area contributed by atoms with E-state index in [1.165, 1.54) is 12.1 Å². The normalized spacial score (nSPS) is 10.7. The standard InChI is InChI=1S/C15H12FN3O/c16-12-6-4-10(5-7-12)8-14-18-15(20-19-14)11-2-1-3-13(17)9-11/h1-7,9H,8,17H2. The molecule has 0 aliphatic carbocycles. The predicted octanol–water partition coefficient (Wildman–Crippen LogP) is 3.05. The van der Waals surface area contributed by atoms with E-state index < -0.39 is 0 Å². The SMILES string of the molecule is Nc1cccc(-c2nc(Cc3ccc(F)cc3)no2)c1. The van der Waals surface area contributed by atoms with Crippen LogP contribution in [0.2, 0.25) is 0 Å². The van der Waals surface area contributed by atoms with E-state index in [9.17, 15) is 4.39 Å². The van der Waals surface area contributed by atoms with Crippen LogP contribution in [0.25, 0.3) is 11.5 Å². The van der Waals surface area contributed by atoms with Gasteiger partial charge in [-0.25, -0.2) is 4.39 Å². The molecule has 1 heterocycles. The van der Waals surface area contributed by atoms with Gasteiger partial charge in [0.25, 0.3) is 5.89 Å². The average molecular weight is 269 g/mol. The lowest BCUT2D eigenvalue weighted by molar-refractivity contribution is 0.424. The topological polar surface area (TPSA) is 64.9 Å². The summed E-state index contributed by atoms with van der Waals surface area (Å²) in [5.74, 6) is 0.714. The van der Waals surface area contributed by atoms with Crippen molar-refractivity contribution in [3.63, 3.8) is 0 Å². The van der Waals surface area contributed by atoms with Crippen LogP contribution in [0.5, 0.6) is 0 Å². The summed E-state index contributed by atoms with van der Waals surface area (Å²) >= 11 is 0. The van der Waals surface area contributed by atoms with Gasteiger partial charge >= 0.3 is 0 Å². The molecule has 0 saturated heterocycles. The molecule has 4 nitrogen and oxygen atoms in total. The monoisotopic (exact) mass is 269 g/mol. The molecule has 20 heavy (non-hydrogen) atoms. The molecule has 2 aromatic carbocycles. The summed E-state index contributed by atoms with van der Waals surface area (Å²) in [5.41, 5.74) is 8.06. The highest BCUT2D eigenvalue weighted by Crippen LogP contribution is 2.20. The van der Waals surface area contributed by atoms with Gasteiger partial charge in [-0.3, -0.25) is 0 Å². The van der Waals surface area contributed by atoms with Crippen LogP contribution in [-0.2, 0) is 6.42 Å². The zero-order valence-electron chi connectivity index (χ0n) is 10.6. The minimum atomic E-state index is -0.262. The Labute approximate surface area is 115 Å². The first kappa shape index (κ1) is 12.3. The molecule has 0 aliphatic heterocycles. The number of nitrogens with zero attached hydrogens (tertiary/aromatic N) is 2. The van der Waals surface area contributed by atoms with E-state index in [1.54, 1.807) is 24.3 Å². The summed E-state index contributed by atoms with van der Waals surface area (Å²) in [6, 6.07) is 13.5. The van der Waals surface area contributed by atoms with Crippen molar-refractivity contribution >= 4 is 5.69 Å². The largest absolute Gasteiger partial charge is 0.399 e. The fraction of sp³-hybridized carbons (Fsp3) is 0.0667. The minimum Gasteiger partial charge on any atom is -0.399 e. The van der Waals surface area contributed by atoms with Crippen LogP contribution < -0.4 is 5.73 Å². The Bertz CT molecular complexity index is 722. The van der Waals surface area contributed by atoms with E-state index in [1.807, 2.05) is 12.1 Å². The molecule has 1 aromatic heterocycles. The van der Waals surface area contributed by atoms with Crippen molar-refractivity contribution in [2.45, 2.75) is 6.42 Å². The summed E-state index contributed by atoms with van der Waals surface area (Å²) in [6.45, 7) is 0. The molecule has 5 heteroatoms. The summed E-state index contributed by atoms with van der Waals surface area (Å²) in [6.07, 6.45) is 0.492. The van der Waals surface area contributed by atoms with Crippen LogP contribution in [0.4, 0.5) is 10.1 Å². The number of benzene rings is 2. The summed E-state index contributed by atoms with van der Waals surface area (Å²) in [5, 5.41) is 3.92. The first-order valence-corrected chi connectivity index (χ1v) is 6.14. The molecular formula is C15H12FN3O. The Morgan fingerprint density at radius 1 is 1.10 bits per heavy atom. The lowest BCUT2D eigenvalue weighted by atomic mass is 10.1. The maximum absolute atomic E-state index is 12.8. The fourth-order valence-electron chi connectivity index (χ4n) is 1.90. The van der Waals surface area contributed by atoms with Crippen molar-refractivity contribution in [3.8, 4) is 11.5 Å². The van der Waals surface area contributed by atoms with Crippen LogP contribution >= 0.6 is 0 Å². The zero-order chi connectivity index (χ0) is 13.9. The lowest BCUT2D eigenvalue weighted by Crippen LogP contribution is -1.91. The number of nitrogens with two attached hydrogens (primary N) is 1. The summed E-state index contributed by atoms with van der Waals surface area (Å²) in [7, 11) is 0. The van der Waals surface area contributed by atoms with Crippen LogP contribution in [0, 0.1) is 5.82 Å². The smallest absolute Gasteiger partial charge is 0.258 e. The van der Waals surface area contributed by atoms with E-state index >= 15 is 0 Å². The highest BCUT2D eigenvalue weighted by atomic mass is 19.1. The van der Waals surface area contributed by atoms with Gasteiger partial charge < -0.3 is 10.3 Å². The highest BCUT2D eigenvalue weighted by molar-refractivity contribution is 5.59. The quantitative estimate of drug-likeness (QED) is 0.742. The molecule has 100 valence electrons. The zero-order valence-corrected chi connectivity index (χ0v) is 10.6. The molecule has 0 amide bonds. The van der Waals surface area contributed by atoms with Gasteiger partial charge in [0.1, 0.15) is 5.82 Å². The van der Waals surface area contributed by atoms with Crippen molar-refractivity contribution in [1.82, 2.24) is 10.1 Å². The Morgan fingerprint density at radius 2 is 1.90 bits per heavy atom. The molecule has 2 N–H and O–H groups in total. The second-order valence-corrected chi connectivity index (χ2v) is 4.44. The van der Waals surface area contributed by atoms with Crippen molar-refractivity contribution in [3.05, 3.63) is 65.7 Å². The van der Waals surface area contributed by atoms with Gasteiger partial charge in [-0.05, 0) is 35.9 Å². The highest BCUT2D eigenvalue weighted by Gasteiger charge is 2.09. The van der Waals surface area contributed by atoms with Gasteiger partial charge in [0.05, 0.1) is 0 Å². The molecule has 0 fully saturated rings. The molecular weight excluding hydrogens is 257 g/mol. The molecule has 0 atom stereocenters. The number of halogens is 1. The number of nitrogen functional groups attached to an aromatic ring is 1. The third-order valence-electron chi connectivity index (χ3n) is 2.88. The second kappa shape index (κ2) is 5.13. The Balaban J connectivity index is 1.82. The second-order valence-electron chi connectivity index (χ2n) is 4.44. The van der Waals surface area contributed by atoms with E-state index in [0.717, 1.165) is 11.1 Å². The predicted molar refractivity (Wildman–Crippen MR) is 73.4 cm³/mol. The number of hydrogen-bond acceptors (Lipinski definition) is 4. The van der Waals surface area contributed by atoms with E-state index in [-0.39, 0.29) is 5.82 Å². The van der Waals surface area contributed by atoms with E-state index in [0.29, 0.717) is 23.8 Å². The van der Waals surface area contributed by atoms with Gasteiger partial charge in [-0.2, -0.15) is 4.98 Å². The van der Waals surface area contributed by atoms with Crippen LogP contribution in [0.15, 0.2) is 53.1 Å². The van der Waals surface area contributed by atoms with E-state index in [4.69, 9.17) is 10.3 Å². The van der Waals surface area contributed by atoms with Gasteiger partial charge in [0.15, 0.2) is 5.82 Å². The number of aromatic nitrogens is 2. The summed E-state index contributed by atoms with van der Waals surface area (Å²) in [4.78, 5) is 4.31. The maximum Gasteiger partial charge on any atom is 0.258 e. The van der Waals surface area contributed by atoms with Crippen molar-refractivity contribution in [2.24, 2.45) is 0 Å². The number of rotatable bonds is 3. The Hall–Kier alpha value is -2.69. The Morgan fingerprint density at radius 3 is 2.65 bits per heavy atom. The minimum absolute atomic E-state index is 0.262. The Kier molecular flexibility index (Phi) is 3.16. The average Bonchev–Trinajstić information content (AvgIpc) is 2.90. The van der Waals surface area contributed by atoms with Crippen LogP contribution in [0.1, 0.15) is 11.4 Å². The molecule has 3 aromatic rings. The molecule has 0 spiro atoms. The van der Waals surface area contributed by atoms with Crippen LogP contribution in [-0.4, -0.2) is 10.1 Å². The third-order valence-corrected chi connectivity index (χ3v) is 2.88. The molecule has 0 bridgehead atoms. The molecule has 0 aliphatic rings. The van der Waals surface area contributed by atoms with Gasteiger partial charge in [0.2, 0.25) is 0 Å². The van der Waals surface area contributed by atoms with Gasteiger partial charge in [-0.15, -0.1) is 0 Å². The molecule has 0 radical (unpaired) electrons. The first-order valence-electron chi connectivity index (χ1n) is 6.14. The van der Waals surface area contributed by atoms with Crippen molar-refractivity contribution in [2.75, 3.05) is 5.73 Å². The molecule has 3 rings (SSSR count). The van der Waals surface area contributed by atoms with Crippen molar-refractivity contribution in [1.29, 1.82) is 0 Å². The first-order chi connectivity index (χ1) is 9.70. The summed E-state index contributed by atoms with van der Waals surface area (Å²) < 4.78 is 18.0. The number of anilines is 1. The van der Waals surface area contributed by atoms with Crippen molar-refractivity contribution < 1.29 is 8.91 Å².